The molecule has 0 spiro atoms. The maximum atomic E-state index is 12.9. The molecule has 0 aromatic carbocycles. The van der Waals surface area contributed by atoms with Crippen molar-refractivity contribution in [1.29, 1.82) is 0 Å². The number of amides is 2. The highest BCUT2D eigenvalue weighted by Crippen LogP contribution is 2.53. The zero-order valence-corrected chi connectivity index (χ0v) is 18.9. The van der Waals surface area contributed by atoms with E-state index >= 15 is 0 Å². The second-order valence-corrected chi connectivity index (χ2v) is 10.0. The van der Waals surface area contributed by atoms with Crippen molar-refractivity contribution in [2.45, 2.75) is 78.5 Å². The van der Waals surface area contributed by atoms with E-state index in [1.807, 2.05) is 0 Å². The highest BCUT2D eigenvalue weighted by molar-refractivity contribution is 7.54. The van der Waals surface area contributed by atoms with Crippen molar-refractivity contribution in [3.05, 3.63) is 0 Å². The minimum absolute atomic E-state index is 0.0208. The van der Waals surface area contributed by atoms with Gasteiger partial charge in [-0.1, -0.05) is 0 Å². The van der Waals surface area contributed by atoms with Crippen LogP contribution in [-0.2, 0) is 23.1 Å². The fraction of sp³-hybridized carbons (Fsp3) is 0.882. The van der Waals surface area contributed by atoms with Crippen molar-refractivity contribution < 1.29 is 37.8 Å². The predicted octanol–water partition coefficient (Wildman–Crippen LogP) is 2.99. The van der Waals surface area contributed by atoms with Crippen LogP contribution >= 0.6 is 7.60 Å². The molecule has 0 aliphatic carbocycles. The van der Waals surface area contributed by atoms with Gasteiger partial charge in [0.2, 0.25) is 0 Å². The fourth-order valence-electron chi connectivity index (χ4n) is 1.97. The largest absolute Gasteiger partial charge is 0.444 e. The summed E-state index contributed by atoms with van der Waals surface area (Å²) in [6.45, 7) is 13.0. The summed E-state index contributed by atoms with van der Waals surface area (Å²) >= 11 is 0. The van der Waals surface area contributed by atoms with Gasteiger partial charge in [0.15, 0.2) is 5.85 Å². The third kappa shape index (κ3) is 10.8. The summed E-state index contributed by atoms with van der Waals surface area (Å²) in [5.74, 6) is -1.74. The lowest BCUT2D eigenvalue weighted by molar-refractivity contribution is 0.0407. The van der Waals surface area contributed by atoms with Crippen molar-refractivity contribution in [2.24, 2.45) is 0 Å². The smallest absolute Gasteiger partial charge is 0.408 e. The van der Waals surface area contributed by atoms with Crippen molar-refractivity contribution in [2.75, 3.05) is 19.8 Å². The summed E-state index contributed by atoms with van der Waals surface area (Å²) in [5, 5.41) is 15.4. The molecule has 0 heterocycles. The number of aliphatic hydroxyl groups excluding tert-OH is 1. The molecule has 28 heavy (non-hydrogen) atoms. The van der Waals surface area contributed by atoms with Crippen LogP contribution in [0.3, 0.4) is 0 Å². The normalized spacial score (nSPS) is 14.8. The summed E-state index contributed by atoms with van der Waals surface area (Å²) in [4.78, 5) is 24.0. The van der Waals surface area contributed by atoms with Crippen LogP contribution in [0.25, 0.3) is 0 Å². The Labute approximate surface area is 167 Å². The SMILES string of the molecule is CCOP(=O)(OCC)[C@H](O)[C@@H](CNC(=O)OC(C)(C)C)NC(=O)OC(C)(C)C. The van der Waals surface area contributed by atoms with E-state index in [0.717, 1.165) is 0 Å². The number of nitrogens with one attached hydrogen (secondary N) is 2. The highest BCUT2D eigenvalue weighted by Gasteiger charge is 2.41. The quantitative estimate of drug-likeness (QED) is 0.479. The summed E-state index contributed by atoms with van der Waals surface area (Å²) in [6.07, 6.45) is -1.62. The lowest BCUT2D eigenvalue weighted by Crippen LogP contribution is -2.52. The first kappa shape index (κ1) is 26.6. The molecule has 0 aliphatic heterocycles. The molecule has 0 aromatic heterocycles. The van der Waals surface area contributed by atoms with Gasteiger partial charge in [0.25, 0.3) is 0 Å². The van der Waals surface area contributed by atoms with Gasteiger partial charge in [0.05, 0.1) is 19.3 Å². The molecule has 0 aliphatic rings. The molecule has 0 aromatic rings. The molecule has 11 heteroatoms. The minimum atomic E-state index is -3.98. The van der Waals surface area contributed by atoms with Crippen LogP contribution in [0, 0.1) is 0 Å². The van der Waals surface area contributed by atoms with Crippen LogP contribution in [0.5, 0.6) is 0 Å². The average molecular weight is 426 g/mol. The molecule has 2 atom stereocenters. The fourth-order valence-corrected chi connectivity index (χ4v) is 3.69. The Bertz CT molecular complexity index is 546. The number of hydrogen-bond donors (Lipinski definition) is 3. The van der Waals surface area contributed by atoms with Gasteiger partial charge >= 0.3 is 19.8 Å². The maximum Gasteiger partial charge on any atom is 0.408 e. The number of hydrogen-bond acceptors (Lipinski definition) is 8. The average Bonchev–Trinajstić information content (AvgIpc) is 2.47. The highest BCUT2D eigenvalue weighted by atomic mass is 31.2. The zero-order chi connectivity index (χ0) is 22.2. The van der Waals surface area contributed by atoms with Crippen molar-refractivity contribution >= 4 is 19.8 Å². The van der Waals surface area contributed by atoms with Gasteiger partial charge in [-0.2, -0.15) is 0 Å². The lowest BCUT2D eigenvalue weighted by Gasteiger charge is -2.30. The molecule has 3 N–H and O–H groups in total. The Balaban J connectivity index is 5.38. The minimum Gasteiger partial charge on any atom is -0.444 e. The van der Waals surface area contributed by atoms with Crippen molar-refractivity contribution in [1.82, 2.24) is 10.6 Å². The van der Waals surface area contributed by atoms with E-state index in [-0.39, 0.29) is 19.8 Å². The van der Waals surface area contributed by atoms with Gasteiger partial charge in [-0.05, 0) is 55.4 Å². The Morgan fingerprint density at radius 2 is 1.36 bits per heavy atom. The van der Waals surface area contributed by atoms with E-state index in [1.165, 1.54) is 0 Å². The zero-order valence-electron chi connectivity index (χ0n) is 18.0. The molecule has 0 rings (SSSR count). The second-order valence-electron chi connectivity index (χ2n) is 7.92. The van der Waals surface area contributed by atoms with E-state index in [1.54, 1.807) is 55.4 Å². The number of carbonyl (C=O) groups is 2. The van der Waals surface area contributed by atoms with Gasteiger partial charge in [-0.15, -0.1) is 0 Å². The van der Waals surface area contributed by atoms with E-state index in [4.69, 9.17) is 18.5 Å². The second kappa shape index (κ2) is 11.0. The van der Waals surface area contributed by atoms with E-state index in [0.29, 0.717) is 0 Å². The Morgan fingerprint density at radius 1 is 0.929 bits per heavy atom. The van der Waals surface area contributed by atoms with Crippen molar-refractivity contribution in [3.8, 4) is 0 Å². The van der Waals surface area contributed by atoms with Crippen LogP contribution in [0.1, 0.15) is 55.4 Å². The lowest BCUT2D eigenvalue weighted by atomic mass is 10.2. The van der Waals surface area contributed by atoms with Crippen LogP contribution in [0.4, 0.5) is 9.59 Å². The number of ether oxygens (including phenoxy) is 2. The molecule has 0 radical (unpaired) electrons. The molecule has 0 unspecified atom stereocenters. The monoisotopic (exact) mass is 426 g/mol. The summed E-state index contributed by atoms with van der Waals surface area (Å²) in [6, 6.07) is -1.22. The molecule has 166 valence electrons. The number of rotatable bonds is 9. The Hall–Kier alpha value is -1.35. The van der Waals surface area contributed by atoms with Crippen LogP contribution < -0.4 is 10.6 Å². The number of carbonyl (C=O) groups excluding carboxylic acids is 2. The molecular formula is C17H35N2O8P. The summed E-state index contributed by atoms with van der Waals surface area (Å²) in [7, 11) is -3.98. The molecule has 0 fully saturated rings. The van der Waals surface area contributed by atoms with Gasteiger partial charge in [0.1, 0.15) is 11.2 Å². The Morgan fingerprint density at radius 3 is 1.75 bits per heavy atom. The number of aliphatic hydroxyl groups is 1. The van der Waals surface area contributed by atoms with Crippen LogP contribution in [-0.4, -0.2) is 60.1 Å². The van der Waals surface area contributed by atoms with Gasteiger partial charge in [0, 0.05) is 6.54 Å². The van der Waals surface area contributed by atoms with E-state index in [2.05, 4.69) is 10.6 Å². The summed E-state index contributed by atoms with van der Waals surface area (Å²) in [5.41, 5.74) is -1.52. The Kier molecular flexibility index (Phi) is 10.5. The standard InChI is InChI=1S/C17H35N2O8P/c1-9-24-28(23,25-10-2)13(20)12(19-15(22)27-17(6,7)8)11-18-14(21)26-16(3,4)5/h12-13,20H,9-11H2,1-8H3,(H,18,21)(H,19,22)/t12-,13+/m1/s1. The van der Waals surface area contributed by atoms with E-state index < -0.39 is 42.9 Å². The molecular weight excluding hydrogens is 391 g/mol. The first-order valence-corrected chi connectivity index (χ1v) is 10.8. The number of alkyl carbamates (subject to hydrolysis) is 2. The maximum absolute atomic E-state index is 12.9. The van der Waals surface area contributed by atoms with E-state index in [9.17, 15) is 19.3 Å². The molecule has 2 amide bonds. The van der Waals surface area contributed by atoms with Gasteiger partial charge in [-0.25, -0.2) is 9.59 Å². The first-order chi connectivity index (χ1) is 12.6. The van der Waals surface area contributed by atoms with Crippen LogP contribution in [0.2, 0.25) is 0 Å². The van der Waals surface area contributed by atoms with Crippen molar-refractivity contribution in [3.63, 3.8) is 0 Å². The summed E-state index contributed by atoms with van der Waals surface area (Å²) < 4.78 is 33.4. The molecule has 0 saturated carbocycles. The third-order valence-electron chi connectivity index (χ3n) is 2.87. The molecule has 0 bridgehead atoms. The van der Waals surface area contributed by atoms with Gasteiger partial charge in [-0.3, -0.25) is 4.57 Å². The first-order valence-electron chi connectivity index (χ1n) is 9.16. The van der Waals surface area contributed by atoms with Gasteiger partial charge < -0.3 is 34.3 Å². The molecule has 10 nitrogen and oxygen atoms in total. The predicted molar refractivity (Wildman–Crippen MR) is 104 cm³/mol. The molecule has 0 saturated heterocycles. The van der Waals surface area contributed by atoms with Crippen LogP contribution in [0.15, 0.2) is 0 Å². The topological polar surface area (TPSA) is 132 Å². The third-order valence-corrected chi connectivity index (χ3v) is 5.11.